The van der Waals surface area contributed by atoms with Gasteiger partial charge in [-0.25, -0.2) is 4.39 Å². The van der Waals surface area contributed by atoms with Gasteiger partial charge in [0.1, 0.15) is 17.9 Å². The van der Waals surface area contributed by atoms with E-state index in [0.29, 0.717) is 10.2 Å². The maximum absolute atomic E-state index is 13.2. The number of hydrogen-bond acceptors (Lipinski definition) is 2. The summed E-state index contributed by atoms with van der Waals surface area (Å²) < 4.78 is 13.7. The van der Waals surface area contributed by atoms with Crippen molar-refractivity contribution in [2.75, 3.05) is 4.90 Å². The van der Waals surface area contributed by atoms with Crippen LogP contribution in [0.15, 0.2) is 22.7 Å². The number of amides is 2. The number of benzene rings is 1. The fourth-order valence-electron chi connectivity index (χ4n) is 2.36. The number of hydrogen-bond donors (Lipinski definition) is 1. The molecule has 0 bridgehead atoms. The minimum atomic E-state index is -0.641. The van der Waals surface area contributed by atoms with Crippen LogP contribution in [0.25, 0.3) is 0 Å². The lowest BCUT2D eigenvalue weighted by Crippen LogP contribution is -2.66. The molecule has 2 unspecified atom stereocenters. The molecular weight excluding hydrogens is 339 g/mol. The van der Waals surface area contributed by atoms with Crippen molar-refractivity contribution in [3.8, 4) is 0 Å². The van der Waals surface area contributed by atoms with Crippen LogP contribution >= 0.6 is 15.9 Å². The molecule has 0 saturated carbocycles. The Kier molecular flexibility index (Phi) is 4.10. The topological polar surface area (TPSA) is 49.4 Å². The smallest absolute Gasteiger partial charge is 0.250 e. The molecular formula is C15H18BrFN2O2. The van der Waals surface area contributed by atoms with Crippen LogP contribution in [0.4, 0.5) is 10.1 Å². The van der Waals surface area contributed by atoms with E-state index < -0.39 is 23.3 Å². The molecule has 21 heavy (non-hydrogen) atoms. The van der Waals surface area contributed by atoms with E-state index in [4.69, 9.17) is 0 Å². The zero-order valence-electron chi connectivity index (χ0n) is 12.4. The SMILES string of the molecule is CC1C(=O)NC(C(C)(C)C)C(=O)N1c1ccc(F)cc1Br. The molecule has 1 aromatic rings. The number of anilines is 1. The highest BCUT2D eigenvalue weighted by atomic mass is 79.9. The second-order valence-electron chi connectivity index (χ2n) is 6.29. The first-order valence-electron chi connectivity index (χ1n) is 6.71. The highest BCUT2D eigenvalue weighted by Gasteiger charge is 2.44. The number of rotatable bonds is 1. The molecule has 1 aliphatic heterocycles. The lowest BCUT2D eigenvalue weighted by atomic mass is 9.84. The van der Waals surface area contributed by atoms with Gasteiger partial charge in [-0.05, 0) is 46.5 Å². The Bertz CT molecular complexity index is 598. The van der Waals surface area contributed by atoms with Crippen LogP contribution in [0.1, 0.15) is 27.7 Å². The summed E-state index contributed by atoms with van der Waals surface area (Å²) in [7, 11) is 0. The van der Waals surface area contributed by atoms with Gasteiger partial charge in [0, 0.05) is 4.47 Å². The summed E-state index contributed by atoms with van der Waals surface area (Å²) in [5.74, 6) is -0.813. The van der Waals surface area contributed by atoms with E-state index in [-0.39, 0.29) is 11.8 Å². The summed E-state index contributed by atoms with van der Waals surface area (Å²) in [6.45, 7) is 7.33. The van der Waals surface area contributed by atoms with Gasteiger partial charge in [-0.1, -0.05) is 20.8 Å². The first-order chi connectivity index (χ1) is 9.62. The van der Waals surface area contributed by atoms with E-state index >= 15 is 0 Å². The number of halogens is 2. The van der Waals surface area contributed by atoms with Crippen molar-refractivity contribution >= 4 is 33.4 Å². The molecule has 1 fully saturated rings. The summed E-state index contributed by atoms with van der Waals surface area (Å²) in [5, 5.41) is 2.77. The Morgan fingerprint density at radius 2 is 1.90 bits per heavy atom. The van der Waals surface area contributed by atoms with Gasteiger partial charge >= 0.3 is 0 Å². The third-order valence-corrected chi connectivity index (χ3v) is 4.21. The first kappa shape index (κ1) is 15.9. The molecule has 0 aliphatic carbocycles. The quantitative estimate of drug-likeness (QED) is 0.840. The second-order valence-corrected chi connectivity index (χ2v) is 7.14. The van der Waals surface area contributed by atoms with Crippen LogP contribution in [-0.2, 0) is 9.59 Å². The Morgan fingerprint density at radius 1 is 1.29 bits per heavy atom. The van der Waals surface area contributed by atoms with Crippen molar-refractivity contribution in [2.45, 2.75) is 39.8 Å². The maximum Gasteiger partial charge on any atom is 0.250 e. The molecule has 114 valence electrons. The summed E-state index contributed by atoms with van der Waals surface area (Å²) in [6, 6.07) is 2.81. The van der Waals surface area contributed by atoms with Crippen molar-refractivity contribution < 1.29 is 14.0 Å². The first-order valence-corrected chi connectivity index (χ1v) is 7.50. The monoisotopic (exact) mass is 356 g/mol. The fourth-order valence-corrected chi connectivity index (χ4v) is 2.90. The largest absolute Gasteiger partial charge is 0.342 e. The van der Waals surface area contributed by atoms with Crippen LogP contribution < -0.4 is 10.2 Å². The van der Waals surface area contributed by atoms with Gasteiger partial charge in [-0.15, -0.1) is 0 Å². The van der Waals surface area contributed by atoms with Gasteiger partial charge in [-0.2, -0.15) is 0 Å². The van der Waals surface area contributed by atoms with E-state index in [1.165, 1.54) is 23.1 Å². The van der Waals surface area contributed by atoms with Crippen LogP contribution in [0.5, 0.6) is 0 Å². The average Bonchev–Trinajstić information content (AvgIpc) is 2.35. The second kappa shape index (κ2) is 5.40. The van der Waals surface area contributed by atoms with Crippen molar-refractivity contribution in [3.63, 3.8) is 0 Å². The molecule has 0 aromatic heterocycles. The van der Waals surface area contributed by atoms with Crippen molar-refractivity contribution in [2.24, 2.45) is 5.41 Å². The fraction of sp³-hybridized carbons (Fsp3) is 0.467. The highest BCUT2D eigenvalue weighted by Crippen LogP contribution is 2.33. The third-order valence-electron chi connectivity index (χ3n) is 3.57. The number of carbonyl (C=O) groups is 2. The molecule has 1 N–H and O–H groups in total. The maximum atomic E-state index is 13.2. The Labute approximate surface area is 131 Å². The molecule has 1 saturated heterocycles. The van der Waals surface area contributed by atoms with E-state index in [2.05, 4.69) is 21.2 Å². The number of carbonyl (C=O) groups excluding carboxylic acids is 2. The molecule has 1 aliphatic rings. The van der Waals surface area contributed by atoms with Gasteiger partial charge in [0.05, 0.1) is 5.69 Å². The predicted molar refractivity (Wildman–Crippen MR) is 82.4 cm³/mol. The zero-order chi connectivity index (χ0) is 15.9. The van der Waals surface area contributed by atoms with Gasteiger partial charge in [0.2, 0.25) is 5.91 Å². The minimum Gasteiger partial charge on any atom is -0.342 e. The summed E-state index contributed by atoms with van der Waals surface area (Å²) in [6.07, 6.45) is 0. The number of piperazine rings is 1. The molecule has 1 heterocycles. The molecule has 6 heteroatoms. The highest BCUT2D eigenvalue weighted by molar-refractivity contribution is 9.10. The van der Waals surface area contributed by atoms with Crippen molar-refractivity contribution in [1.82, 2.24) is 5.32 Å². The number of nitrogens with one attached hydrogen (secondary N) is 1. The summed E-state index contributed by atoms with van der Waals surface area (Å²) in [5.41, 5.74) is 0.0930. The molecule has 2 atom stereocenters. The Morgan fingerprint density at radius 3 is 2.43 bits per heavy atom. The van der Waals surface area contributed by atoms with E-state index in [1.54, 1.807) is 6.92 Å². The van der Waals surface area contributed by atoms with Crippen LogP contribution in [0.3, 0.4) is 0 Å². The summed E-state index contributed by atoms with van der Waals surface area (Å²) >= 11 is 3.26. The van der Waals surface area contributed by atoms with Gasteiger partial charge in [-0.3, -0.25) is 14.5 Å². The zero-order valence-corrected chi connectivity index (χ0v) is 14.0. The molecule has 2 rings (SSSR count). The van der Waals surface area contributed by atoms with Gasteiger partial charge in [0.25, 0.3) is 5.91 Å². The normalized spacial score (nSPS) is 23.2. The summed E-state index contributed by atoms with van der Waals surface area (Å²) in [4.78, 5) is 26.4. The van der Waals surface area contributed by atoms with Gasteiger partial charge in [0.15, 0.2) is 0 Å². The lowest BCUT2D eigenvalue weighted by Gasteiger charge is -2.42. The Hall–Kier alpha value is -1.43. The molecule has 0 radical (unpaired) electrons. The van der Waals surface area contributed by atoms with Gasteiger partial charge < -0.3 is 5.32 Å². The van der Waals surface area contributed by atoms with E-state index in [0.717, 1.165) is 0 Å². The van der Waals surface area contributed by atoms with Crippen LogP contribution in [-0.4, -0.2) is 23.9 Å². The van der Waals surface area contributed by atoms with E-state index in [1.807, 2.05) is 20.8 Å². The van der Waals surface area contributed by atoms with E-state index in [9.17, 15) is 14.0 Å². The Balaban J connectivity index is 2.48. The van der Waals surface area contributed by atoms with Crippen molar-refractivity contribution in [3.05, 3.63) is 28.5 Å². The average molecular weight is 357 g/mol. The predicted octanol–water partition coefficient (Wildman–Crippen LogP) is 2.85. The molecule has 0 spiro atoms. The van der Waals surface area contributed by atoms with Crippen LogP contribution in [0, 0.1) is 11.2 Å². The standard InChI is InChI=1S/C15H18BrFN2O2/c1-8-13(20)18-12(15(2,3)4)14(21)19(8)11-6-5-9(17)7-10(11)16/h5-8,12H,1-4H3,(H,18,20). The third kappa shape index (κ3) is 2.95. The molecule has 1 aromatic carbocycles. The van der Waals surface area contributed by atoms with Crippen LogP contribution in [0.2, 0.25) is 0 Å². The number of nitrogens with zero attached hydrogens (tertiary/aromatic N) is 1. The lowest BCUT2D eigenvalue weighted by molar-refractivity contribution is -0.136. The molecule has 4 nitrogen and oxygen atoms in total. The minimum absolute atomic E-state index is 0.193. The van der Waals surface area contributed by atoms with Crippen molar-refractivity contribution in [1.29, 1.82) is 0 Å². The molecule has 2 amide bonds.